The lowest BCUT2D eigenvalue weighted by atomic mass is 10.3. The smallest absolute Gasteiger partial charge is 0.290 e. The van der Waals surface area contributed by atoms with E-state index in [1.807, 2.05) is 0 Å². The van der Waals surface area contributed by atoms with Crippen LogP contribution in [0.5, 0.6) is 0 Å². The van der Waals surface area contributed by atoms with Crippen LogP contribution in [0.15, 0.2) is 21.5 Å². The van der Waals surface area contributed by atoms with Crippen LogP contribution in [0.4, 0.5) is 4.79 Å². The third-order valence-corrected chi connectivity index (χ3v) is 3.03. The molecule has 18 heavy (non-hydrogen) atoms. The molecule has 1 aliphatic rings. The van der Waals surface area contributed by atoms with E-state index in [0.29, 0.717) is 16.4 Å². The zero-order chi connectivity index (χ0) is 13.1. The van der Waals surface area contributed by atoms with Crippen LogP contribution in [0, 0.1) is 0 Å². The van der Waals surface area contributed by atoms with Gasteiger partial charge in [-0.15, -0.1) is 0 Å². The van der Waals surface area contributed by atoms with Crippen LogP contribution >= 0.6 is 11.8 Å². The van der Waals surface area contributed by atoms with E-state index in [4.69, 9.17) is 13.9 Å². The molecule has 0 unspecified atom stereocenters. The molecule has 0 atom stereocenters. The van der Waals surface area contributed by atoms with Crippen molar-refractivity contribution in [2.24, 2.45) is 0 Å². The van der Waals surface area contributed by atoms with Gasteiger partial charge in [-0.2, -0.15) is 0 Å². The topological polar surface area (TPSA) is 77.8 Å². The molecular formula is C11H11NO5S. The average molecular weight is 269 g/mol. The molecule has 0 saturated carbocycles. The molecule has 0 aromatic carbocycles. The molecule has 0 spiro atoms. The number of hydrogen-bond donors (Lipinski definition) is 1. The normalized spacial score (nSPS) is 17.8. The summed E-state index contributed by atoms with van der Waals surface area (Å²) in [5, 5.41) is 1.78. The molecule has 1 saturated heterocycles. The van der Waals surface area contributed by atoms with Crippen molar-refractivity contribution in [3.05, 3.63) is 28.6 Å². The Hall–Kier alpha value is -1.57. The van der Waals surface area contributed by atoms with Gasteiger partial charge in [0.1, 0.15) is 5.76 Å². The quantitative estimate of drug-likeness (QED) is 0.664. The maximum absolute atomic E-state index is 11.3. The molecule has 96 valence electrons. The van der Waals surface area contributed by atoms with Crippen LogP contribution in [0.2, 0.25) is 0 Å². The van der Waals surface area contributed by atoms with Crippen LogP contribution in [0.25, 0.3) is 6.08 Å². The van der Waals surface area contributed by atoms with E-state index in [1.54, 1.807) is 12.1 Å². The summed E-state index contributed by atoms with van der Waals surface area (Å²) >= 11 is 0.837. The van der Waals surface area contributed by atoms with Gasteiger partial charge in [-0.05, 0) is 23.9 Å². The van der Waals surface area contributed by atoms with E-state index in [-0.39, 0.29) is 5.24 Å². The second-order valence-electron chi connectivity index (χ2n) is 3.40. The Morgan fingerprint density at radius 2 is 2.06 bits per heavy atom. The maximum Gasteiger partial charge on any atom is 0.290 e. The third kappa shape index (κ3) is 2.63. The zero-order valence-corrected chi connectivity index (χ0v) is 10.6. The van der Waals surface area contributed by atoms with Gasteiger partial charge in [0.25, 0.3) is 11.1 Å². The lowest BCUT2D eigenvalue weighted by Crippen LogP contribution is -2.17. The Bertz CT molecular complexity index is 503. The average Bonchev–Trinajstić information content (AvgIpc) is 2.89. The van der Waals surface area contributed by atoms with Crippen molar-refractivity contribution < 1.29 is 23.5 Å². The minimum absolute atomic E-state index is 0.298. The van der Waals surface area contributed by atoms with E-state index in [9.17, 15) is 9.59 Å². The van der Waals surface area contributed by atoms with Crippen molar-refractivity contribution >= 4 is 29.0 Å². The summed E-state index contributed by atoms with van der Waals surface area (Å²) < 4.78 is 15.5. The molecule has 1 aromatic heterocycles. The molecule has 1 fully saturated rings. The number of thioether (sulfide) groups is 1. The summed E-state index contributed by atoms with van der Waals surface area (Å²) in [5.41, 5.74) is 0. The molecule has 0 aliphatic carbocycles. The monoisotopic (exact) mass is 269 g/mol. The molecule has 6 nitrogen and oxygen atoms in total. The number of amides is 2. The number of imide groups is 1. The Kier molecular flexibility index (Phi) is 3.85. The predicted molar refractivity (Wildman–Crippen MR) is 64.6 cm³/mol. The summed E-state index contributed by atoms with van der Waals surface area (Å²) in [6.45, 7) is 0. The number of carbonyl (C=O) groups excluding carboxylic acids is 2. The molecular weight excluding hydrogens is 258 g/mol. The Labute approximate surface area is 107 Å². The molecule has 0 bridgehead atoms. The molecule has 0 radical (unpaired) electrons. The Morgan fingerprint density at radius 3 is 2.61 bits per heavy atom. The van der Waals surface area contributed by atoms with Gasteiger partial charge in [0, 0.05) is 20.3 Å². The molecule has 7 heteroatoms. The van der Waals surface area contributed by atoms with Gasteiger partial charge in [-0.1, -0.05) is 0 Å². The lowest BCUT2D eigenvalue weighted by molar-refractivity contribution is -0.117. The highest BCUT2D eigenvalue weighted by atomic mass is 32.2. The van der Waals surface area contributed by atoms with Crippen LogP contribution < -0.4 is 5.32 Å². The van der Waals surface area contributed by atoms with Gasteiger partial charge >= 0.3 is 0 Å². The van der Waals surface area contributed by atoms with E-state index < -0.39 is 12.2 Å². The zero-order valence-electron chi connectivity index (χ0n) is 9.76. The molecule has 2 heterocycles. The molecule has 1 aliphatic heterocycles. The lowest BCUT2D eigenvalue weighted by Gasteiger charge is -2.09. The maximum atomic E-state index is 11.3. The number of rotatable bonds is 4. The molecule has 1 aromatic rings. The molecule has 2 amide bonds. The van der Waals surface area contributed by atoms with Crippen molar-refractivity contribution in [1.29, 1.82) is 0 Å². The Balaban J connectivity index is 2.18. The number of methoxy groups -OCH3 is 2. The fraction of sp³-hybridized carbons (Fsp3) is 0.273. The van der Waals surface area contributed by atoms with Crippen molar-refractivity contribution in [2.45, 2.75) is 6.29 Å². The van der Waals surface area contributed by atoms with Crippen molar-refractivity contribution in [1.82, 2.24) is 5.32 Å². The molecule has 1 N–H and O–H groups in total. The SMILES string of the molecule is COC(OC)c1ccc(/C=C2/SC(=O)NC2=O)o1. The Morgan fingerprint density at radius 1 is 1.33 bits per heavy atom. The fourth-order valence-corrected chi connectivity index (χ4v) is 2.11. The van der Waals surface area contributed by atoms with Gasteiger partial charge in [0.15, 0.2) is 5.76 Å². The first-order valence-electron chi connectivity index (χ1n) is 5.04. The number of furan rings is 1. The summed E-state index contributed by atoms with van der Waals surface area (Å²) in [6, 6.07) is 3.35. The minimum Gasteiger partial charge on any atom is -0.456 e. The van der Waals surface area contributed by atoms with Gasteiger partial charge in [0.2, 0.25) is 6.29 Å². The van der Waals surface area contributed by atoms with Crippen LogP contribution in [0.1, 0.15) is 17.8 Å². The third-order valence-electron chi connectivity index (χ3n) is 2.22. The first-order valence-corrected chi connectivity index (χ1v) is 5.86. The molecule has 2 rings (SSSR count). The van der Waals surface area contributed by atoms with Gasteiger partial charge in [-0.3, -0.25) is 14.9 Å². The van der Waals surface area contributed by atoms with E-state index >= 15 is 0 Å². The first-order chi connectivity index (χ1) is 8.63. The fourth-order valence-electron chi connectivity index (χ4n) is 1.45. The summed E-state index contributed by atoms with van der Waals surface area (Å²) in [5.74, 6) is 0.524. The predicted octanol–water partition coefficient (Wildman–Crippen LogP) is 1.89. The number of nitrogens with one attached hydrogen (secondary N) is 1. The van der Waals surface area contributed by atoms with Crippen molar-refractivity contribution in [3.63, 3.8) is 0 Å². The second kappa shape index (κ2) is 5.38. The van der Waals surface area contributed by atoms with Crippen molar-refractivity contribution in [2.75, 3.05) is 14.2 Å². The highest BCUT2D eigenvalue weighted by Crippen LogP contribution is 2.27. The van der Waals surface area contributed by atoms with E-state index in [2.05, 4.69) is 5.32 Å². The summed E-state index contributed by atoms with van der Waals surface area (Å²) in [6.07, 6.45) is 0.903. The highest BCUT2D eigenvalue weighted by Gasteiger charge is 2.25. The van der Waals surface area contributed by atoms with E-state index in [0.717, 1.165) is 11.8 Å². The standard InChI is InChI=1S/C11H11NO5S/c1-15-10(16-2)7-4-3-6(17-7)5-8-9(13)12-11(14)18-8/h3-5,10H,1-2H3,(H,12,13,14)/b8-5+. The van der Waals surface area contributed by atoms with Gasteiger partial charge < -0.3 is 13.9 Å². The number of ether oxygens (including phenoxy) is 2. The number of hydrogen-bond acceptors (Lipinski definition) is 6. The van der Waals surface area contributed by atoms with Crippen LogP contribution in [-0.2, 0) is 14.3 Å². The summed E-state index contributed by atoms with van der Waals surface area (Å²) in [4.78, 5) is 22.6. The van der Waals surface area contributed by atoms with Crippen LogP contribution in [-0.4, -0.2) is 25.4 Å². The van der Waals surface area contributed by atoms with E-state index in [1.165, 1.54) is 20.3 Å². The van der Waals surface area contributed by atoms with Crippen molar-refractivity contribution in [3.8, 4) is 0 Å². The van der Waals surface area contributed by atoms with Gasteiger partial charge in [0.05, 0.1) is 4.91 Å². The van der Waals surface area contributed by atoms with Gasteiger partial charge in [-0.25, -0.2) is 0 Å². The minimum atomic E-state index is -0.594. The number of carbonyl (C=O) groups is 2. The highest BCUT2D eigenvalue weighted by molar-refractivity contribution is 8.18. The second-order valence-corrected chi connectivity index (χ2v) is 4.41. The first kappa shape index (κ1) is 12.9. The summed E-state index contributed by atoms with van der Waals surface area (Å²) in [7, 11) is 2.99. The largest absolute Gasteiger partial charge is 0.456 e. The van der Waals surface area contributed by atoms with Crippen LogP contribution in [0.3, 0.4) is 0 Å².